The maximum absolute atomic E-state index is 2.87. The van der Waals surface area contributed by atoms with Crippen molar-refractivity contribution in [2.75, 3.05) is 0 Å². The Kier molecular flexibility index (Phi) is 12.3. The molecule has 0 aliphatic rings. The molecule has 0 N–H and O–H groups in total. The molecule has 15 aromatic rings. The van der Waals surface area contributed by atoms with Crippen molar-refractivity contribution in [1.29, 1.82) is 0 Å². The van der Waals surface area contributed by atoms with Gasteiger partial charge in [-0.2, -0.15) is 0 Å². The molecule has 13 aromatic carbocycles. The normalized spacial score (nSPS) is 11.9. The van der Waals surface area contributed by atoms with Crippen LogP contribution in [0.5, 0.6) is 0 Å². The second kappa shape index (κ2) is 20.5. The first-order chi connectivity index (χ1) is 40.7. The summed E-state index contributed by atoms with van der Waals surface area (Å²) in [5.41, 5.74) is 11.7. The molecule has 15 rings (SSSR count). The van der Waals surface area contributed by atoms with E-state index in [1.54, 1.807) is 0 Å². The van der Waals surface area contributed by atoms with Gasteiger partial charge in [-0.15, -0.1) is 0 Å². The molecule has 82 heavy (non-hydrogen) atoms. The SMILES string of the molecule is c1ccc(-n2c3ccccc3c3cccc(-c4ccc5c(c4)c4cc(-c6cccc([Si](c7ccccc7)(c7ccccc7)c7ccccc7)c6)ccc4n5-c4cccc([Si](c5ccccc5)(c5ccccc5)c5ccccc5)c4)c32)cc1. The Bertz CT molecular complexity index is 4580. The Morgan fingerprint density at radius 1 is 0.195 bits per heavy atom. The Morgan fingerprint density at radius 3 is 1.06 bits per heavy atom. The largest absolute Gasteiger partial charge is 0.309 e. The molecule has 0 amide bonds. The molecular formula is C78H56N2Si2. The summed E-state index contributed by atoms with van der Waals surface area (Å²) >= 11 is 0. The lowest BCUT2D eigenvalue weighted by molar-refractivity contribution is 1.18. The molecule has 0 fully saturated rings. The summed E-state index contributed by atoms with van der Waals surface area (Å²) in [6.07, 6.45) is 0. The highest BCUT2D eigenvalue weighted by molar-refractivity contribution is 7.20. The van der Waals surface area contributed by atoms with Crippen LogP contribution in [0.3, 0.4) is 0 Å². The van der Waals surface area contributed by atoms with Gasteiger partial charge in [-0.1, -0.05) is 285 Å². The van der Waals surface area contributed by atoms with Gasteiger partial charge in [-0.25, -0.2) is 0 Å². The Labute approximate surface area is 480 Å². The van der Waals surface area contributed by atoms with Gasteiger partial charge in [0.05, 0.1) is 22.1 Å². The van der Waals surface area contributed by atoms with Gasteiger partial charge in [0.2, 0.25) is 0 Å². The van der Waals surface area contributed by atoms with Crippen molar-refractivity contribution in [3.8, 4) is 33.6 Å². The van der Waals surface area contributed by atoms with Crippen molar-refractivity contribution in [2.45, 2.75) is 0 Å². The summed E-state index contributed by atoms with van der Waals surface area (Å²) in [4.78, 5) is 0. The monoisotopic (exact) mass is 1080 g/mol. The second-order valence-electron chi connectivity index (χ2n) is 21.5. The van der Waals surface area contributed by atoms with Crippen LogP contribution < -0.4 is 41.5 Å². The summed E-state index contributed by atoms with van der Waals surface area (Å²) in [6.45, 7) is 0. The fourth-order valence-corrected chi connectivity index (χ4v) is 23.3. The number of aromatic nitrogens is 2. The van der Waals surface area contributed by atoms with E-state index in [2.05, 4.69) is 349 Å². The molecule has 2 aromatic heterocycles. The smallest absolute Gasteiger partial charge is 0.179 e. The van der Waals surface area contributed by atoms with Crippen LogP contribution in [0.1, 0.15) is 0 Å². The first kappa shape index (κ1) is 49.0. The second-order valence-corrected chi connectivity index (χ2v) is 29.1. The standard InChI is InChI=1S/C78H56N2Si2/c1-8-28-60(29-9-1)80-75-48-23-22-45-71(75)72-47-26-46-70(78(72)80)59-50-52-77-74(55-59)73-54-58(57-27-24-43-68(53-57)81(62-31-10-2-11-32-62,63-33-12-3-13-34-63)64-35-14-4-15-36-64)49-51-76(73)79(77)61-30-25-44-69(56-61)82(65-37-16-5-17-38-65,66-39-18-6-19-40-66)67-41-20-7-21-42-67/h1-56H. The van der Waals surface area contributed by atoms with Crippen molar-refractivity contribution in [3.05, 3.63) is 340 Å². The van der Waals surface area contributed by atoms with Gasteiger partial charge in [0.15, 0.2) is 16.1 Å². The van der Waals surface area contributed by atoms with Crippen LogP contribution in [-0.2, 0) is 0 Å². The average molecular weight is 1080 g/mol. The van der Waals surface area contributed by atoms with Crippen LogP contribution in [0.15, 0.2) is 340 Å². The van der Waals surface area contributed by atoms with Crippen molar-refractivity contribution >= 4 is 101 Å². The van der Waals surface area contributed by atoms with Gasteiger partial charge in [0.1, 0.15) is 0 Å². The number of rotatable bonds is 12. The minimum absolute atomic E-state index is 1.13. The number of fused-ring (bicyclic) bond motifs is 6. The lowest BCUT2D eigenvalue weighted by atomic mass is 9.98. The number of hydrogen-bond donors (Lipinski definition) is 0. The Balaban J connectivity index is 0.986. The molecule has 0 saturated heterocycles. The van der Waals surface area contributed by atoms with Gasteiger partial charge >= 0.3 is 0 Å². The molecule has 0 atom stereocenters. The average Bonchev–Trinajstić information content (AvgIpc) is 2.65. The first-order valence-electron chi connectivity index (χ1n) is 28.4. The van der Waals surface area contributed by atoms with E-state index in [1.807, 2.05) is 0 Å². The van der Waals surface area contributed by atoms with Gasteiger partial charge in [0.25, 0.3) is 0 Å². The Hall–Kier alpha value is -10.1. The van der Waals surface area contributed by atoms with E-state index in [4.69, 9.17) is 0 Å². The topological polar surface area (TPSA) is 9.86 Å². The number of benzene rings is 13. The molecule has 0 saturated carbocycles. The highest BCUT2D eigenvalue weighted by Crippen LogP contribution is 2.41. The van der Waals surface area contributed by atoms with E-state index >= 15 is 0 Å². The van der Waals surface area contributed by atoms with Crippen molar-refractivity contribution in [2.24, 2.45) is 0 Å². The molecular weight excluding hydrogens is 1020 g/mol. The predicted octanol–water partition coefficient (Wildman–Crippen LogP) is 14.0. The summed E-state index contributed by atoms with van der Waals surface area (Å²) in [5.74, 6) is 0. The van der Waals surface area contributed by atoms with E-state index in [1.165, 1.54) is 96.3 Å². The van der Waals surface area contributed by atoms with Crippen LogP contribution in [-0.4, -0.2) is 25.3 Å². The summed E-state index contributed by atoms with van der Waals surface area (Å²) in [6, 6.07) is 127. The van der Waals surface area contributed by atoms with E-state index < -0.39 is 16.1 Å². The van der Waals surface area contributed by atoms with E-state index in [0.29, 0.717) is 0 Å². The van der Waals surface area contributed by atoms with Crippen molar-refractivity contribution in [3.63, 3.8) is 0 Å². The quantitative estimate of drug-likeness (QED) is 0.0852. The zero-order chi connectivity index (χ0) is 54.5. The highest BCUT2D eigenvalue weighted by Gasteiger charge is 2.43. The van der Waals surface area contributed by atoms with Gasteiger partial charge in [0, 0.05) is 38.5 Å². The predicted molar refractivity (Wildman–Crippen MR) is 353 cm³/mol. The maximum Gasteiger partial charge on any atom is 0.179 e. The fourth-order valence-electron chi connectivity index (χ4n) is 13.7. The lowest BCUT2D eigenvalue weighted by Gasteiger charge is -2.34. The lowest BCUT2D eigenvalue weighted by Crippen LogP contribution is -2.74. The summed E-state index contributed by atoms with van der Waals surface area (Å²) in [7, 11) is -5.67. The minimum Gasteiger partial charge on any atom is -0.309 e. The molecule has 0 aliphatic heterocycles. The van der Waals surface area contributed by atoms with E-state index in [9.17, 15) is 0 Å². The third-order valence-corrected chi connectivity index (χ3v) is 26.7. The molecule has 0 bridgehead atoms. The molecule has 4 heteroatoms. The third-order valence-electron chi connectivity index (χ3n) is 17.2. The molecule has 386 valence electrons. The van der Waals surface area contributed by atoms with Crippen LogP contribution in [0.2, 0.25) is 0 Å². The molecule has 0 aliphatic carbocycles. The van der Waals surface area contributed by atoms with E-state index in [-0.39, 0.29) is 0 Å². The highest BCUT2D eigenvalue weighted by atomic mass is 28.3. The van der Waals surface area contributed by atoms with Crippen LogP contribution in [0.4, 0.5) is 0 Å². The number of nitrogens with zero attached hydrogens (tertiary/aromatic N) is 2. The van der Waals surface area contributed by atoms with Crippen molar-refractivity contribution in [1.82, 2.24) is 9.13 Å². The number of hydrogen-bond acceptors (Lipinski definition) is 0. The van der Waals surface area contributed by atoms with Crippen LogP contribution in [0, 0.1) is 0 Å². The zero-order valence-corrected chi connectivity index (χ0v) is 47.2. The van der Waals surface area contributed by atoms with Crippen molar-refractivity contribution < 1.29 is 0 Å². The van der Waals surface area contributed by atoms with Gasteiger partial charge in [-0.05, 0) is 113 Å². The minimum atomic E-state index is -2.87. The third kappa shape index (κ3) is 7.90. The van der Waals surface area contributed by atoms with E-state index in [0.717, 1.165) is 22.4 Å². The summed E-state index contributed by atoms with van der Waals surface area (Å²) in [5, 5.41) is 15.7. The first-order valence-corrected chi connectivity index (χ1v) is 32.4. The zero-order valence-electron chi connectivity index (χ0n) is 45.2. The molecule has 2 nitrogen and oxygen atoms in total. The molecule has 0 spiro atoms. The van der Waals surface area contributed by atoms with Gasteiger partial charge < -0.3 is 9.13 Å². The van der Waals surface area contributed by atoms with Crippen LogP contribution >= 0.6 is 0 Å². The summed E-state index contributed by atoms with van der Waals surface area (Å²) < 4.78 is 4.98. The maximum atomic E-state index is 2.53. The number of para-hydroxylation sites is 3. The van der Waals surface area contributed by atoms with Gasteiger partial charge in [-0.3, -0.25) is 0 Å². The molecule has 2 heterocycles. The molecule has 0 radical (unpaired) electrons. The Morgan fingerprint density at radius 2 is 0.549 bits per heavy atom. The fraction of sp³-hybridized carbons (Fsp3) is 0. The van der Waals surface area contributed by atoms with Crippen LogP contribution in [0.25, 0.3) is 77.2 Å². The molecule has 0 unspecified atom stereocenters.